The minimum atomic E-state index is -0.260. The fourth-order valence-electron chi connectivity index (χ4n) is 3.44. The third-order valence-corrected chi connectivity index (χ3v) is 5.39. The summed E-state index contributed by atoms with van der Waals surface area (Å²) >= 11 is 0. The number of nitrogens with zero attached hydrogens (tertiary/aromatic N) is 1. The van der Waals surface area contributed by atoms with Gasteiger partial charge < -0.3 is 15.5 Å². The highest BCUT2D eigenvalue weighted by Gasteiger charge is 2.28. The van der Waals surface area contributed by atoms with E-state index in [0.29, 0.717) is 25.2 Å². The third kappa shape index (κ3) is 6.87. The van der Waals surface area contributed by atoms with Crippen LogP contribution in [0.15, 0.2) is 24.3 Å². The molecule has 0 spiro atoms. The van der Waals surface area contributed by atoms with E-state index in [4.69, 9.17) is 0 Å². The Bertz CT molecular complexity index is 707. The number of likely N-dealkylation sites (tertiary alicyclic amines) is 1. The maximum atomic E-state index is 12.5. The molecule has 0 aliphatic carbocycles. The molecule has 1 atom stereocenters. The lowest BCUT2D eigenvalue weighted by atomic mass is 9.87. The van der Waals surface area contributed by atoms with Gasteiger partial charge in [-0.15, -0.1) is 0 Å². The van der Waals surface area contributed by atoms with Gasteiger partial charge in [0.05, 0.1) is 12.5 Å². The van der Waals surface area contributed by atoms with Gasteiger partial charge in [-0.25, -0.2) is 0 Å². The highest BCUT2D eigenvalue weighted by atomic mass is 16.2. The highest BCUT2D eigenvalue weighted by molar-refractivity contribution is 5.96. The van der Waals surface area contributed by atoms with Crippen LogP contribution in [0.2, 0.25) is 0 Å². The van der Waals surface area contributed by atoms with E-state index in [1.165, 1.54) is 0 Å². The van der Waals surface area contributed by atoms with Crippen molar-refractivity contribution >= 4 is 17.7 Å². The molecule has 0 bridgehead atoms. The van der Waals surface area contributed by atoms with E-state index in [2.05, 4.69) is 38.3 Å². The molecule has 1 heterocycles. The Labute approximate surface area is 174 Å². The second-order valence-corrected chi connectivity index (χ2v) is 8.83. The van der Waals surface area contributed by atoms with E-state index in [1.807, 2.05) is 12.1 Å². The minimum Gasteiger partial charge on any atom is -0.356 e. The molecule has 2 rings (SSSR count). The Kier molecular flexibility index (Phi) is 8.23. The quantitative estimate of drug-likeness (QED) is 0.690. The molecule has 1 aliphatic rings. The number of hydrogen-bond acceptors (Lipinski definition) is 3. The third-order valence-electron chi connectivity index (χ3n) is 5.39. The van der Waals surface area contributed by atoms with E-state index >= 15 is 0 Å². The molecule has 0 radical (unpaired) electrons. The van der Waals surface area contributed by atoms with Crippen LogP contribution in [-0.4, -0.2) is 48.8 Å². The highest BCUT2D eigenvalue weighted by Crippen LogP contribution is 2.22. The van der Waals surface area contributed by atoms with Crippen molar-refractivity contribution in [2.75, 3.05) is 26.2 Å². The molecule has 1 unspecified atom stereocenters. The summed E-state index contributed by atoms with van der Waals surface area (Å²) in [6, 6.07) is 7.47. The lowest BCUT2D eigenvalue weighted by Gasteiger charge is -2.32. The first-order valence-corrected chi connectivity index (χ1v) is 10.7. The Hall–Kier alpha value is -2.37. The van der Waals surface area contributed by atoms with E-state index in [-0.39, 0.29) is 35.6 Å². The summed E-state index contributed by atoms with van der Waals surface area (Å²) < 4.78 is 0. The normalized spacial score (nSPS) is 17.0. The first kappa shape index (κ1) is 22.9. The molecule has 1 aliphatic heterocycles. The average Bonchev–Trinajstić information content (AvgIpc) is 2.71. The summed E-state index contributed by atoms with van der Waals surface area (Å²) in [4.78, 5) is 38.9. The van der Waals surface area contributed by atoms with Gasteiger partial charge in [-0.3, -0.25) is 14.4 Å². The van der Waals surface area contributed by atoms with Crippen molar-refractivity contribution in [1.82, 2.24) is 15.5 Å². The van der Waals surface area contributed by atoms with Gasteiger partial charge in [-0.2, -0.15) is 0 Å². The van der Waals surface area contributed by atoms with Crippen LogP contribution in [0.25, 0.3) is 0 Å². The van der Waals surface area contributed by atoms with Crippen LogP contribution in [0.1, 0.15) is 69.3 Å². The van der Waals surface area contributed by atoms with Crippen molar-refractivity contribution in [2.24, 2.45) is 5.92 Å². The predicted molar refractivity (Wildman–Crippen MR) is 115 cm³/mol. The molecule has 0 saturated carbocycles. The lowest BCUT2D eigenvalue weighted by molar-refractivity contribution is -0.134. The van der Waals surface area contributed by atoms with Gasteiger partial charge in [0, 0.05) is 25.2 Å². The van der Waals surface area contributed by atoms with Gasteiger partial charge in [0.2, 0.25) is 11.8 Å². The molecule has 3 amide bonds. The molecule has 29 heavy (non-hydrogen) atoms. The molecule has 6 nitrogen and oxygen atoms in total. The van der Waals surface area contributed by atoms with Crippen LogP contribution in [0.5, 0.6) is 0 Å². The zero-order chi connectivity index (χ0) is 21.4. The molecule has 160 valence electrons. The molecule has 1 aromatic rings. The first-order valence-electron chi connectivity index (χ1n) is 10.7. The van der Waals surface area contributed by atoms with Crippen LogP contribution < -0.4 is 10.6 Å². The second kappa shape index (κ2) is 10.4. The van der Waals surface area contributed by atoms with Gasteiger partial charge in [-0.05, 0) is 42.4 Å². The number of nitrogens with one attached hydrogen (secondary N) is 2. The molecule has 1 saturated heterocycles. The largest absolute Gasteiger partial charge is 0.356 e. The molecular formula is C23H35N3O3. The fourth-order valence-corrected chi connectivity index (χ4v) is 3.44. The maximum Gasteiger partial charge on any atom is 0.251 e. The SMILES string of the molecule is CCCCNC(=O)C1CCCN(C(=O)CNC(=O)c2ccc(C(C)(C)C)cc2)C1. The number of rotatable bonds is 7. The number of piperidine rings is 1. The molecule has 1 fully saturated rings. The summed E-state index contributed by atoms with van der Waals surface area (Å²) in [6.45, 7) is 10.1. The molecule has 6 heteroatoms. The van der Waals surface area contributed by atoms with Crippen molar-refractivity contribution in [3.05, 3.63) is 35.4 Å². The lowest BCUT2D eigenvalue weighted by Crippen LogP contribution is -2.48. The first-order chi connectivity index (χ1) is 13.7. The van der Waals surface area contributed by atoms with Gasteiger partial charge in [-0.1, -0.05) is 46.2 Å². The maximum absolute atomic E-state index is 12.5. The summed E-state index contributed by atoms with van der Waals surface area (Å²) in [5.41, 5.74) is 1.72. The van der Waals surface area contributed by atoms with E-state index in [1.54, 1.807) is 17.0 Å². The number of hydrogen-bond donors (Lipinski definition) is 2. The fraction of sp³-hybridized carbons (Fsp3) is 0.609. The molecule has 1 aromatic carbocycles. The monoisotopic (exact) mass is 401 g/mol. The Morgan fingerprint density at radius 3 is 2.41 bits per heavy atom. The van der Waals surface area contributed by atoms with Crippen LogP contribution in [-0.2, 0) is 15.0 Å². The van der Waals surface area contributed by atoms with Crippen LogP contribution in [0, 0.1) is 5.92 Å². The summed E-state index contributed by atoms with van der Waals surface area (Å²) in [7, 11) is 0. The average molecular weight is 402 g/mol. The number of amides is 3. The van der Waals surface area contributed by atoms with Crippen molar-refractivity contribution in [3.8, 4) is 0 Å². The minimum absolute atomic E-state index is 0.0264. The molecular weight excluding hydrogens is 366 g/mol. The predicted octanol–water partition coefficient (Wildman–Crippen LogP) is 2.87. The van der Waals surface area contributed by atoms with E-state index in [0.717, 1.165) is 31.2 Å². The number of unbranched alkanes of at least 4 members (excludes halogenated alkanes) is 1. The summed E-state index contributed by atoms with van der Waals surface area (Å²) in [5, 5.41) is 5.66. The summed E-state index contributed by atoms with van der Waals surface area (Å²) in [5.74, 6) is -0.537. The standard InChI is InChI=1S/C23H35N3O3/c1-5-6-13-24-22(29)18-8-7-14-26(16-18)20(27)15-25-21(28)17-9-11-19(12-10-17)23(2,3)4/h9-12,18H,5-8,13-16H2,1-4H3,(H,24,29)(H,25,28). The van der Waals surface area contributed by atoms with Gasteiger partial charge >= 0.3 is 0 Å². The smallest absolute Gasteiger partial charge is 0.251 e. The zero-order valence-corrected chi connectivity index (χ0v) is 18.2. The van der Waals surface area contributed by atoms with Gasteiger partial charge in [0.1, 0.15) is 0 Å². The van der Waals surface area contributed by atoms with E-state index in [9.17, 15) is 14.4 Å². The zero-order valence-electron chi connectivity index (χ0n) is 18.2. The molecule has 2 N–H and O–H groups in total. The topological polar surface area (TPSA) is 78.5 Å². The van der Waals surface area contributed by atoms with Crippen LogP contribution >= 0.6 is 0 Å². The Balaban J connectivity index is 1.83. The van der Waals surface area contributed by atoms with Gasteiger partial charge in [0.25, 0.3) is 5.91 Å². The van der Waals surface area contributed by atoms with Crippen LogP contribution in [0.4, 0.5) is 0 Å². The van der Waals surface area contributed by atoms with Crippen LogP contribution in [0.3, 0.4) is 0 Å². The number of benzene rings is 1. The van der Waals surface area contributed by atoms with Crippen molar-refractivity contribution in [1.29, 1.82) is 0 Å². The Morgan fingerprint density at radius 2 is 1.79 bits per heavy atom. The van der Waals surface area contributed by atoms with Crippen molar-refractivity contribution in [2.45, 2.75) is 58.8 Å². The number of carbonyl (C=O) groups excluding carboxylic acids is 3. The second-order valence-electron chi connectivity index (χ2n) is 8.83. The molecule has 0 aromatic heterocycles. The Morgan fingerprint density at radius 1 is 1.10 bits per heavy atom. The number of carbonyl (C=O) groups is 3. The van der Waals surface area contributed by atoms with Crippen molar-refractivity contribution < 1.29 is 14.4 Å². The summed E-state index contributed by atoms with van der Waals surface area (Å²) in [6.07, 6.45) is 3.60. The van der Waals surface area contributed by atoms with Crippen molar-refractivity contribution in [3.63, 3.8) is 0 Å². The van der Waals surface area contributed by atoms with Gasteiger partial charge in [0.15, 0.2) is 0 Å². The van der Waals surface area contributed by atoms with E-state index < -0.39 is 0 Å².